The minimum atomic E-state index is -3.23. The molecule has 0 aromatic carbocycles. The molecule has 0 aromatic heterocycles. The lowest BCUT2D eigenvalue weighted by molar-refractivity contribution is 0.0141. The van der Waals surface area contributed by atoms with E-state index in [4.69, 9.17) is 4.74 Å². The molecular formula is C16H33NO3S. The van der Waals surface area contributed by atoms with Crippen molar-refractivity contribution in [2.45, 2.75) is 78.1 Å². The Balaban J connectivity index is 2.47. The van der Waals surface area contributed by atoms with Crippen LogP contribution in [0.5, 0.6) is 0 Å². The van der Waals surface area contributed by atoms with E-state index in [-0.39, 0.29) is 6.10 Å². The second-order valence-electron chi connectivity index (χ2n) is 8.27. The summed E-state index contributed by atoms with van der Waals surface area (Å²) in [4.78, 5) is 0. The molecule has 4 nitrogen and oxygen atoms in total. The van der Waals surface area contributed by atoms with Gasteiger partial charge in [-0.1, -0.05) is 20.8 Å². The second kappa shape index (κ2) is 6.97. The van der Waals surface area contributed by atoms with Gasteiger partial charge < -0.3 is 4.74 Å². The Morgan fingerprint density at radius 2 is 1.76 bits per heavy atom. The van der Waals surface area contributed by atoms with Crippen LogP contribution in [0.3, 0.4) is 0 Å². The van der Waals surface area contributed by atoms with Crippen LogP contribution in [0.2, 0.25) is 0 Å². The van der Waals surface area contributed by atoms with Crippen LogP contribution in [-0.2, 0) is 14.8 Å². The molecule has 1 unspecified atom stereocenters. The summed E-state index contributed by atoms with van der Waals surface area (Å²) in [5.41, 5.74) is 0.331. The predicted octanol–water partition coefficient (Wildman–Crippen LogP) is 3.42. The van der Waals surface area contributed by atoms with Crippen LogP contribution >= 0.6 is 0 Å². The first-order chi connectivity index (χ1) is 9.43. The van der Waals surface area contributed by atoms with Crippen molar-refractivity contribution < 1.29 is 13.2 Å². The summed E-state index contributed by atoms with van der Waals surface area (Å²) in [5.74, 6) is 0. The van der Waals surface area contributed by atoms with Crippen molar-refractivity contribution in [2.24, 2.45) is 5.41 Å². The van der Waals surface area contributed by atoms with Crippen LogP contribution in [0, 0.1) is 5.41 Å². The van der Waals surface area contributed by atoms with Gasteiger partial charge >= 0.3 is 0 Å². The van der Waals surface area contributed by atoms with E-state index in [2.05, 4.69) is 20.8 Å². The zero-order valence-corrected chi connectivity index (χ0v) is 15.4. The highest BCUT2D eigenvalue weighted by atomic mass is 32.2. The monoisotopic (exact) mass is 319 g/mol. The Hall–Kier alpha value is -0.130. The lowest BCUT2D eigenvalue weighted by Gasteiger charge is -2.36. The minimum Gasteiger partial charge on any atom is -0.377 e. The average Bonchev–Trinajstić information content (AvgIpc) is 2.32. The third-order valence-electron chi connectivity index (χ3n) is 3.88. The van der Waals surface area contributed by atoms with Crippen LogP contribution in [-0.4, -0.2) is 43.3 Å². The van der Waals surface area contributed by atoms with E-state index in [0.29, 0.717) is 18.5 Å². The van der Waals surface area contributed by atoms with Crippen molar-refractivity contribution in [3.8, 4) is 0 Å². The molecule has 0 aliphatic carbocycles. The summed E-state index contributed by atoms with van der Waals surface area (Å²) in [7, 11) is -3.23. The molecule has 1 heterocycles. The third-order valence-corrected chi connectivity index (χ3v) is 6.44. The Morgan fingerprint density at radius 3 is 2.29 bits per heavy atom. The molecule has 1 fully saturated rings. The number of sulfonamides is 1. The summed E-state index contributed by atoms with van der Waals surface area (Å²) < 4.78 is 31.8. The standard InChI is InChI=1S/C16H33NO3S/c1-15(2,3)10-8-12-20-14-9-7-11-17(13-14)21(18,19)16(4,5)6/h14H,7-13H2,1-6H3. The Bertz CT molecular complexity index is 418. The molecule has 5 heteroatoms. The van der Waals surface area contributed by atoms with Crippen molar-refractivity contribution >= 4 is 10.0 Å². The molecular weight excluding hydrogens is 286 g/mol. The summed E-state index contributed by atoms with van der Waals surface area (Å²) in [6, 6.07) is 0. The van der Waals surface area contributed by atoms with Crippen molar-refractivity contribution in [3.05, 3.63) is 0 Å². The lowest BCUT2D eigenvalue weighted by Crippen LogP contribution is -2.49. The number of piperidine rings is 1. The Morgan fingerprint density at radius 1 is 1.14 bits per heavy atom. The first-order valence-corrected chi connectivity index (χ1v) is 9.49. The van der Waals surface area contributed by atoms with E-state index in [9.17, 15) is 8.42 Å². The van der Waals surface area contributed by atoms with E-state index >= 15 is 0 Å². The number of hydrogen-bond acceptors (Lipinski definition) is 3. The van der Waals surface area contributed by atoms with Gasteiger partial charge in [-0.05, 0) is 51.9 Å². The number of hydrogen-bond donors (Lipinski definition) is 0. The number of nitrogens with zero attached hydrogens (tertiary/aromatic N) is 1. The van der Waals surface area contributed by atoms with Gasteiger partial charge in [0.05, 0.1) is 10.9 Å². The normalized spacial score (nSPS) is 22.5. The Kier molecular flexibility index (Phi) is 6.28. The van der Waals surface area contributed by atoms with Crippen molar-refractivity contribution in [1.82, 2.24) is 4.31 Å². The maximum absolute atomic E-state index is 12.5. The maximum atomic E-state index is 12.5. The van der Waals surface area contributed by atoms with Crippen molar-refractivity contribution in [1.29, 1.82) is 0 Å². The molecule has 1 aliphatic rings. The van der Waals surface area contributed by atoms with Gasteiger partial charge in [0.15, 0.2) is 0 Å². The fourth-order valence-electron chi connectivity index (χ4n) is 2.50. The van der Waals surface area contributed by atoms with Gasteiger partial charge in [0.25, 0.3) is 0 Å². The zero-order valence-electron chi connectivity index (χ0n) is 14.6. The molecule has 0 radical (unpaired) electrons. The van der Waals surface area contributed by atoms with Crippen LogP contribution in [0.1, 0.15) is 67.2 Å². The SMILES string of the molecule is CC(C)(C)CCCOC1CCCN(S(=O)(=O)C(C)(C)C)C1. The van der Waals surface area contributed by atoms with Gasteiger partial charge in [-0.15, -0.1) is 0 Å². The van der Waals surface area contributed by atoms with Crippen LogP contribution < -0.4 is 0 Å². The largest absolute Gasteiger partial charge is 0.377 e. The van der Waals surface area contributed by atoms with Gasteiger partial charge in [-0.2, -0.15) is 4.31 Å². The van der Waals surface area contributed by atoms with Crippen LogP contribution in [0.25, 0.3) is 0 Å². The first-order valence-electron chi connectivity index (χ1n) is 8.05. The van der Waals surface area contributed by atoms with Gasteiger partial charge in [0, 0.05) is 19.7 Å². The first kappa shape index (κ1) is 18.9. The van der Waals surface area contributed by atoms with E-state index in [1.807, 2.05) is 0 Å². The quantitative estimate of drug-likeness (QED) is 0.729. The molecule has 0 spiro atoms. The highest BCUT2D eigenvalue weighted by Crippen LogP contribution is 2.25. The van der Waals surface area contributed by atoms with Crippen molar-refractivity contribution in [2.75, 3.05) is 19.7 Å². The maximum Gasteiger partial charge on any atom is 0.219 e. The highest BCUT2D eigenvalue weighted by molar-refractivity contribution is 7.90. The van der Waals surface area contributed by atoms with Gasteiger partial charge in [-0.3, -0.25) is 0 Å². The van der Waals surface area contributed by atoms with Crippen LogP contribution in [0.4, 0.5) is 0 Å². The second-order valence-corrected chi connectivity index (χ2v) is 11.0. The number of rotatable bonds is 5. The van der Waals surface area contributed by atoms with E-state index in [0.717, 1.165) is 32.3 Å². The van der Waals surface area contributed by atoms with Crippen molar-refractivity contribution in [3.63, 3.8) is 0 Å². The van der Waals surface area contributed by atoms with Gasteiger partial charge in [0.2, 0.25) is 10.0 Å². The van der Waals surface area contributed by atoms with E-state index in [1.54, 1.807) is 25.1 Å². The summed E-state index contributed by atoms with van der Waals surface area (Å²) in [6.45, 7) is 13.8. The predicted molar refractivity (Wildman–Crippen MR) is 87.9 cm³/mol. The highest BCUT2D eigenvalue weighted by Gasteiger charge is 2.37. The molecule has 0 saturated carbocycles. The summed E-state index contributed by atoms with van der Waals surface area (Å²) in [5, 5.41) is 0. The minimum absolute atomic E-state index is 0.0517. The summed E-state index contributed by atoms with van der Waals surface area (Å²) in [6.07, 6.45) is 4.07. The van der Waals surface area contributed by atoms with Gasteiger partial charge in [-0.25, -0.2) is 8.42 Å². The molecule has 0 aromatic rings. The van der Waals surface area contributed by atoms with E-state index < -0.39 is 14.8 Å². The third kappa shape index (κ3) is 5.87. The molecule has 0 bridgehead atoms. The summed E-state index contributed by atoms with van der Waals surface area (Å²) >= 11 is 0. The molecule has 0 amide bonds. The molecule has 1 aliphatic heterocycles. The molecule has 1 rings (SSSR count). The fraction of sp³-hybridized carbons (Fsp3) is 1.00. The smallest absolute Gasteiger partial charge is 0.219 e. The van der Waals surface area contributed by atoms with Crippen LogP contribution in [0.15, 0.2) is 0 Å². The Labute approximate surface area is 131 Å². The molecule has 1 saturated heterocycles. The molecule has 1 atom stereocenters. The topological polar surface area (TPSA) is 46.6 Å². The van der Waals surface area contributed by atoms with E-state index in [1.165, 1.54) is 0 Å². The fourth-order valence-corrected chi connectivity index (χ4v) is 4.01. The van der Waals surface area contributed by atoms with Gasteiger partial charge in [0.1, 0.15) is 0 Å². The molecule has 21 heavy (non-hydrogen) atoms. The molecule has 0 N–H and O–H groups in total. The average molecular weight is 320 g/mol. The molecule has 126 valence electrons. The number of ether oxygens (including phenoxy) is 1. The zero-order chi connectivity index (χ0) is 16.3. The lowest BCUT2D eigenvalue weighted by atomic mass is 9.91.